The molecule has 2 heterocycles. The molecule has 0 bridgehead atoms. The number of hydrogen-bond donors (Lipinski definition) is 1. The van der Waals surface area contributed by atoms with E-state index < -0.39 is 0 Å². The van der Waals surface area contributed by atoms with Crippen LogP contribution >= 0.6 is 0 Å². The van der Waals surface area contributed by atoms with Crippen LogP contribution in [-0.4, -0.2) is 44.9 Å². The number of para-hydroxylation sites is 1. The Labute approximate surface area is 144 Å². The molecule has 24 heavy (non-hydrogen) atoms. The molecular weight excluding hydrogens is 304 g/mol. The van der Waals surface area contributed by atoms with E-state index in [1.807, 2.05) is 6.07 Å². The highest BCUT2D eigenvalue weighted by atomic mass is 16.5. The first-order valence-electron chi connectivity index (χ1n) is 9.09. The van der Waals surface area contributed by atoms with E-state index >= 15 is 0 Å². The number of nitrogens with one attached hydrogen (secondary N) is 1. The number of nitrogens with zero attached hydrogens (tertiary/aromatic N) is 1. The molecular formula is C19H28N2O3. The molecule has 1 amide bonds. The van der Waals surface area contributed by atoms with Gasteiger partial charge in [-0.25, -0.2) is 0 Å². The van der Waals surface area contributed by atoms with Crippen molar-refractivity contribution >= 4 is 11.6 Å². The van der Waals surface area contributed by atoms with Gasteiger partial charge in [0.2, 0.25) is 5.91 Å². The Balaban J connectivity index is 1.62. The van der Waals surface area contributed by atoms with Crippen molar-refractivity contribution in [1.82, 2.24) is 5.32 Å². The third kappa shape index (κ3) is 4.08. The van der Waals surface area contributed by atoms with Gasteiger partial charge in [0.15, 0.2) is 0 Å². The standard InChI is InChI=1S/C19H28N2O3/c1-2-18-16(7-5-11-24-18)19(22)20-14-15-6-3-4-8-17(15)21-9-12-23-13-10-21/h3-4,6,8,16,18H,2,5,7,9-14H2,1H3,(H,20,22). The van der Waals surface area contributed by atoms with Gasteiger partial charge in [0, 0.05) is 31.9 Å². The van der Waals surface area contributed by atoms with Gasteiger partial charge in [-0.05, 0) is 30.9 Å². The quantitative estimate of drug-likeness (QED) is 0.899. The fourth-order valence-corrected chi connectivity index (χ4v) is 3.63. The first kappa shape index (κ1) is 17.2. The average molecular weight is 332 g/mol. The van der Waals surface area contributed by atoms with Gasteiger partial charge in [-0.1, -0.05) is 25.1 Å². The molecule has 1 aromatic carbocycles. The number of hydrogen-bond acceptors (Lipinski definition) is 4. The van der Waals surface area contributed by atoms with Crippen molar-refractivity contribution in [2.24, 2.45) is 5.92 Å². The molecule has 2 aliphatic heterocycles. The molecule has 3 rings (SSSR count). The average Bonchev–Trinajstić information content (AvgIpc) is 2.67. The van der Waals surface area contributed by atoms with E-state index in [2.05, 4.69) is 35.3 Å². The predicted molar refractivity (Wildman–Crippen MR) is 94.1 cm³/mol. The maximum absolute atomic E-state index is 12.6. The third-order valence-corrected chi connectivity index (χ3v) is 4.98. The predicted octanol–water partition coefficient (Wildman–Crippen LogP) is 2.34. The van der Waals surface area contributed by atoms with Crippen LogP contribution in [0.2, 0.25) is 0 Å². The van der Waals surface area contributed by atoms with Crippen molar-refractivity contribution in [3.63, 3.8) is 0 Å². The number of ether oxygens (including phenoxy) is 2. The van der Waals surface area contributed by atoms with Crippen LogP contribution in [0.3, 0.4) is 0 Å². The van der Waals surface area contributed by atoms with Gasteiger partial charge in [-0.3, -0.25) is 4.79 Å². The Morgan fingerprint density at radius 1 is 1.25 bits per heavy atom. The molecule has 2 unspecified atom stereocenters. The Kier molecular flexibility index (Phi) is 6.10. The monoisotopic (exact) mass is 332 g/mol. The fourth-order valence-electron chi connectivity index (χ4n) is 3.63. The highest BCUT2D eigenvalue weighted by Gasteiger charge is 2.30. The van der Waals surface area contributed by atoms with Gasteiger partial charge in [0.1, 0.15) is 0 Å². The Bertz CT molecular complexity index is 543. The number of carbonyl (C=O) groups is 1. The molecule has 5 heteroatoms. The number of rotatable bonds is 5. The summed E-state index contributed by atoms with van der Waals surface area (Å²) in [5.74, 6) is 0.109. The topological polar surface area (TPSA) is 50.8 Å². The number of morpholine rings is 1. The minimum atomic E-state index is -0.0145. The van der Waals surface area contributed by atoms with Crippen molar-refractivity contribution in [3.05, 3.63) is 29.8 Å². The van der Waals surface area contributed by atoms with Gasteiger partial charge >= 0.3 is 0 Å². The van der Waals surface area contributed by atoms with Crippen molar-refractivity contribution in [1.29, 1.82) is 0 Å². The molecule has 2 fully saturated rings. The summed E-state index contributed by atoms with van der Waals surface area (Å²) < 4.78 is 11.2. The van der Waals surface area contributed by atoms with E-state index in [1.54, 1.807) is 0 Å². The first-order valence-corrected chi connectivity index (χ1v) is 9.09. The van der Waals surface area contributed by atoms with E-state index in [-0.39, 0.29) is 17.9 Å². The maximum Gasteiger partial charge on any atom is 0.226 e. The molecule has 2 saturated heterocycles. The van der Waals surface area contributed by atoms with Crippen molar-refractivity contribution in [3.8, 4) is 0 Å². The van der Waals surface area contributed by atoms with Gasteiger partial charge in [-0.15, -0.1) is 0 Å². The van der Waals surface area contributed by atoms with E-state index in [0.717, 1.165) is 57.7 Å². The lowest BCUT2D eigenvalue weighted by Gasteiger charge is -2.32. The zero-order chi connectivity index (χ0) is 16.8. The second-order valence-electron chi connectivity index (χ2n) is 6.51. The summed E-state index contributed by atoms with van der Waals surface area (Å²) in [5.41, 5.74) is 2.37. The second-order valence-corrected chi connectivity index (χ2v) is 6.51. The maximum atomic E-state index is 12.6. The SMILES string of the molecule is CCC1OCCCC1C(=O)NCc1ccccc1N1CCOCC1. The second kappa shape index (κ2) is 8.49. The summed E-state index contributed by atoms with van der Waals surface area (Å²) in [5, 5.41) is 3.14. The van der Waals surface area contributed by atoms with Gasteiger partial charge in [0.05, 0.1) is 25.2 Å². The van der Waals surface area contributed by atoms with Crippen molar-refractivity contribution < 1.29 is 14.3 Å². The molecule has 0 aromatic heterocycles. The minimum absolute atomic E-state index is 0.0145. The molecule has 0 aliphatic carbocycles. The van der Waals surface area contributed by atoms with Crippen LogP contribution in [-0.2, 0) is 20.8 Å². The summed E-state index contributed by atoms with van der Waals surface area (Å²) >= 11 is 0. The third-order valence-electron chi connectivity index (χ3n) is 4.98. The van der Waals surface area contributed by atoms with Crippen molar-refractivity contribution in [2.75, 3.05) is 37.8 Å². The summed E-state index contributed by atoms with van der Waals surface area (Å²) in [4.78, 5) is 14.9. The number of carbonyl (C=O) groups excluding carboxylic acids is 1. The molecule has 2 atom stereocenters. The number of benzene rings is 1. The van der Waals surface area contributed by atoms with Crippen LogP contribution in [0.1, 0.15) is 31.7 Å². The lowest BCUT2D eigenvalue weighted by Crippen LogP contribution is -2.41. The summed E-state index contributed by atoms with van der Waals surface area (Å²) in [6.45, 7) is 6.76. The lowest BCUT2D eigenvalue weighted by molar-refractivity contribution is -0.134. The van der Waals surface area contributed by atoms with E-state index in [0.29, 0.717) is 6.54 Å². The van der Waals surface area contributed by atoms with Crippen LogP contribution in [0, 0.1) is 5.92 Å². The summed E-state index contributed by atoms with van der Waals surface area (Å²) in [7, 11) is 0. The lowest BCUT2D eigenvalue weighted by atomic mass is 9.91. The molecule has 2 aliphatic rings. The van der Waals surface area contributed by atoms with Crippen LogP contribution < -0.4 is 10.2 Å². The zero-order valence-electron chi connectivity index (χ0n) is 14.5. The summed E-state index contributed by atoms with van der Waals surface area (Å²) in [6.07, 6.45) is 2.85. The van der Waals surface area contributed by atoms with Gasteiger partial charge in [-0.2, -0.15) is 0 Å². The van der Waals surface area contributed by atoms with E-state index in [4.69, 9.17) is 9.47 Å². The molecule has 1 N–H and O–H groups in total. The Morgan fingerprint density at radius 3 is 2.83 bits per heavy atom. The Morgan fingerprint density at radius 2 is 2.04 bits per heavy atom. The molecule has 132 valence electrons. The number of amides is 1. The van der Waals surface area contributed by atoms with Crippen molar-refractivity contribution in [2.45, 2.75) is 38.8 Å². The van der Waals surface area contributed by atoms with Crippen LogP contribution in [0.25, 0.3) is 0 Å². The largest absolute Gasteiger partial charge is 0.378 e. The molecule has 0 radical (unpaired) electrons. The summed E-state index contributed by atoms with van der Waals surface area (Å²) in [6, 6.07) is 8.31. The molecule has 0 spiro atoms. The van der Waals surface area contributed by atoms with E-state index in [1.165, 1.54) is 5.69 Å². The molecule has 0 saturated carbocycles. The van der Waals surface area contributed by atoms with E-state index in [9.17, 15) is 4.79 Å². The van der Waals surface area contributed by atoms with Crippen LogP contribution in [0.5, 0.6) is 0 Å². The first-order chi connectivity index (χ1) is 11.8. The molecule has 5 nitrogen and oxygen atoms in total. The van der Waals surface area contributed by atoms with Crippen LogP contribution in [0.4, 0.5) is 5.69 Å². The highest BCUT2D eigenvalue weighted by Crippen LogP contribution is 2.25. The normalized spacial score (nSPS) is 24.6. The van der Waals surface area contributed by atoms with Gasteiger partial charge < -0.3 is 19.7 Å². The Hall–Kier alpha value is -1.59. The van der Waals surface area contributed by atoms with Crippen LogP contribution in [0.15, 0.2) is 24.3 Å². The zero-order valence-corrected chi connectivity index (χ0v) is 14.5. The highest BCUT2D eigenvalue weighted by molar-refractivity contribution is 5.79. The smallest absolute Gasteiger partial charge is 0.226 e. The van der Waals surface area contributed by atoms with Gasteiger partial charge in [0.25, 0.3) is 0 Å². The fraction of sp³-hybridized carbons (Fsp3) is 0.632. The molecule has 1 aromatic rings. The number of anilines is 1. The minimum Gasteiger partial charge on any atom is -0.378 e.